The summed E-state index contributed by atoms with van der Waals surface area (Å²) in [6.45, 7) is 2.22. The van der Waals surface area contributed by atoms with Crippen molar-refractivity contribution in [3.63, 3.8) is 0 Å². The van der Waals surface area contributed by atoms with Gasteiger partial charge in [-0.05, 0) is 55.7 Å². The van der Waals surface area contributed by atoms with Crippen LogP contribution in [0.2, 0.25) is 0 Å². The zero-order chi connectivity index (χ0) is 20.3. The summed E-state index contributed by atoms with van der Waals surface area (Å²) in [5.41, 5.74) is 2.32. The van der Waals surface area contributed by atoms with Crippen molar-refractivity contribution in [2.75, 3.05) is 13.1 Å². The van der Waals surface area contributed by atoms with Crippen LogP contribution in [0.25, 0.3) is 0 Å². The number of aliphatic imine (C=N–C) groups is 1. The van der Waals surface area contributed by atoms with Crippen molar-refractivity contribution in [2.24, 2.45) is 4.99 Å². The Morgan fingerprint density at radius 2 is 1.14 bits per heavy atom. The third kappa shape index (κ3) is 6.28. The normalized spacial score (nSPS) is 14.3. The van der Waals surface area contributed by atoms with E-state index in [9.17, 15) is 0 Å². The van der Waals surface area contributed by atoms with Crippen LogP contribution >= 0.6 is 17.1 Å². The van der Waals surface area contributed by atoms with Gasteiger partial charge >= 0.3 is 29.2 Å². The van der Waals surface area contributed by atoms with E-state index in [1.54, 1.807) is 20.0 Å². The molecule has 5 heteroatoms. The zero-order valence-corrected chi connectivity index (χ0v) is 20.2. The fraction of sp³-hybridized carbons (Fsp3) is 0.208. The summed E-state index contributed by atoms with van der Waals surface area (Å²) in [5, 5.41) is 2.79. The van der Waals surface area contributed by atoms with Gasteiger partial charge in [-0.2, -0.15) is 4.99 Å². The number of benzene rings is 3. The Balaban J connectivity index is 0.00000117. The molecule has 2 nitrogen and oxygen atoms in total. The Morgan fingerprint density at radius 1 is 0.690 bits per heavy atom. The van der Waals surface area contributed by atoms with Gasteiger partial charge in [0.05, 0.1) is 5.69 Å². The Morgan fingerprint density at radius 3 is 1.62 bits per heavy atom. The Bertz CT molecular complexity index is 830. The monoisotopic (exact) mass is 605 g/mol. The second kappa shape index (κ2) is 12.3. The van der Waals surface area contributed by atoms with Crippen molar-refractivity contribution < 1.29 is 20.0 Å². The third-order valence-electron chi connectivity index (χ3n) is 5.00. The first-order valence-corrected chi connectivity index (χ1v) is 14.1. The first-order valence-electron chi connectivity index (χ1n) is 9.90. The van der Waals surface area contributed by atoms with E-state index >= 15 is 0 Å². The molecule has 154 valence electrons. The molecule has 0 aliphatic carbocycles. The molecule has 0 N–H and O–H groups in total. The summed E-state index contributed by atoms with van der Waals surface area (Å²) in [7, 11) is 3.42. The van der Waals surface area contributed by atoms with E-state index in [1.165, 1.54) is 35.4 Å². The molecule has 1 fully saturated rings. The Hall–Kier alpha value is -1.41. The van der Waals surface area contributed by atoms with Gasteiger partial charge in [0.15, 0.2) is 0 Å². The van der Waals surface area contributed by atoms with Crippen molar-refractivity contribution in [3.8, 4) is 0 Å². The fourth-order valence-electron chi connectivity index (χ4n) is 3.65. The van der Waals surface area contributed by atoms with Gasteiger partial charge in [0.25, 0.3) is 5.58 Å². The van der Waals surface area contributed by atoms with Gasteiger partial charge in [-0.1, -0.05) is 54.6 Å². The van der Waals surface area contributed by atoms with E-state index in [0.29, 0.717) is 0 Å². The van der Waals surface area contributed by atoms with E-state index in [0.717, 1.165) is 18.8 Å². The molecule has 1 saturated heterocycles. The van der Waals surface area contributed by atoms with Crippen molar-refractivity contribution in [1.82, 2.24) is 4.90 Å². The van der Waals surface area contributed by atoms with E-state index in [-0.39, 0.29) is 0 Å². The molecular weight excluding hydrogens is 580 g/mol. The fourth-order valence-corrected chi connectivity index (χ4v) is 6.33. The molecule has 4 rings (SSSR count). The molecule has 0 radical (unpaired) electrons. The van der Waals surface area contributed by atoms with Gasteiger partial charge in [0.1, 0.15) is 18.5 Å². The van der Waals surface area contributed by atoms with Crippen LogP contribution in [-0.4, -0.2) is 23.6 Å². The number of rotatable bonds is 4. The number of amidine groups is 1. The summed E-state index contributed by atoms with van der Waals surface area (Å²) in [4.78, 5) is 7.77. The number of para-hydroxylation sites is 1. The molecule has 0 unspecified atom stereocenters. The zero-order valence-electron chi connectivity index (χ0n) is 16.3. The van der Waals surface area contributed by atoms with Crippen LogP contribution in [0.5, 0.6) is 0 Å². The van der Waals surface area contributed by atoms with E-state index < -0.39 is 7.92 Å². The predicted octanol–water partition coefficient (Wildman–Crippen LogP) is 5.71. The summed E-state index contributed by atoms with van der Waals surface area (Å²) >= 11 is 1.75. The van der Waals surface area contributed by atoms with Gasteiger partial charge in [0.2, 0.25) is 0 Å². The number of halogens is 1. The molecule has 0 saturated carbocycles. The largest absolute Gasteiger partial charge is 0.327 e. The molecule has 0 aromatic heterocycles. The van der Waals surface area contributed by atoms with E-state index in [2.05, 4.69) is 105 Å². The van der Waals surface area contributed by atoms with E-state index in [4.69, 9.17) is 4.99 Å². The van der Waals surface area contributed by atoms with E-state index in [1.807, 2.05) is 0 Å². The van der Waals surface area contributed by atoms with Gasteiger partial charge in [-0.15, -0.1) is 0 Å². The number of hydrogen-bond acceptors (Lipinski definition) is 1. The van der Waals surface area contributed by atoms with Crippen LogP contribution in [0.1, 0.15) is 19.3 Å². The van der Waals surface area contributed by atoms with Gasteiger partial charge < -0.3 is 4.90 Å². The minimum atomic E-state index is -1.16. The molecule has 0 atom stereocenters. The minimum absolute atomic E-state index is 1.05. The number of nitrogens with zero attached hydrogens (tertiary/aromatic N) is 2. The van der Waals surface area contributed by atoms with Gasteiger partial charge in [-0.25, -0.2) is 0 Å². The average Bonchev–Trinajstić information content (AvgIpc) is 2.83. The summed E-state index contributed by atoms with van der Waals surface area (Å²) in [6.07, 6.45) is 3.84. The maximum Gasteiger partial charge on any atom is 0.261 e. The molecule has 0 bridgehead atoms. The van der Waals surface area contributed by atoms with Crippen LogP contribution < -0.4 is 10.6 Å². The number of likely N-dealkylation sites (tertiary alicyclic amines) is 1. The molecule has 1 heterocycles. The number of piperidine rings is 1. The molecule has 0 amide bonds. The molecule has 1 aliphatic heterocycles. The summed E-state index contributed by atoms with van der Waals surface area (Å²) < 4.78 is 0. The summed E-state index contributed by atoms with van der Waals surface area (Å²) in [5.74, 6) is 0. The Labute approximate surface area is 191 Å². The predicted molar refractivity (Wildman–Crippen MR) is 125 cm³/mol. The topological polar surface area (TPSA) is 15.6 Å². The average molecular weight is 606 g/mol. The SMILES string of the molecule is [Cl][Au].c1ccc(N=C(N2CCCCC2)[PH+](c2ccccc2)c2ccccc2)cc1. The Kier molecular flexibility index (Phi) is 9.47. The molecule has 1 aliphatic rings. The van der Waals surface area contributed by atoms with Crippen molar-refractivity contribution in [1.29, 1.82) is 0 Å². The standard InChI is InChI=1S/C24H25N2P.Au.ClH/c1-5-13-21(14-6-1)25-24(26-19-11-4-12-20-26)27(22-15-7-2-8-16-22)23-17-9-3-10-18-23;;/h1-3,5-10,13-18H,4,11-12,19-20H2;;1H/q;+1;. The van der Waals surface area contributed by atoms with Crippen molar-refractivity contribution in [2.45, 2.75) is 19.3 Å². The maximum absolute atomic E-state index is 5.22. The third-order valence-corrected chi connectivity index (χ3v) is 7.69. The summed E-state index contributed by atoms with van der Waals surface area (Å²) in [6, 6.07) is 32.3. The molecule has 29 heavy (non-hydrogen) atoms. The van der Waals surface area contributed by atoms with Gasteiger partial charge in [-0.3, -0.25) is 0 Å². The van der Waals surface area contributed by atoms with Crippen LogP contribution in [0.4, 0.5) is 5.69 Å². The van der Waals surface area contributed by atoms with Crippen LogP contribution in [0.3, 0.4) is 0 Å². The van der Waals surface area contributed by atoms with Crippen LogP contribution in [0.15, 0.2) is 96.0 Å². The molecule has 3 aromatic carbocycles. The minimum Gasteiger partial charge on any atom is -0.327 e. The maximum atomic E-state index is 5.22. The smallest absolute Gasteiger partial charge is 0.261 e. The second-order valence-corrected chi connectivity index (χ2v) is 9.28. The van der Waals surface area contributed by atoms with Crippen molar-refractivity contribution in [3.05, 3.63) is 91.0 Å². The van der Waals surface area contributed by atoms with Crippen molar-refractivity contribution >= 4 is 39.0 Å². The first kappa shape index (κ1) is 22.3. The molecular formula is C24H26AuClN2P+. The molecule has 0 spiro atoms. The quantitative estimate of drug-likeness (QED) is 0.161. The molecule has 3 aromatic rings. The van der Waals surface area contributed by atoms with Gasteiger partial charge in [0, 0.05) is 13.1 Å². The van der Waals surface area contributed by atoms with Crippen LogP contribution in [0, 0.1) is 0 Å². The van der Waals surface area contributed by atoms with Crippen LogP contribution in [-0.2, 0) is 20.0 Å². The second-order valence-electron chi connectivity index (χ2n) is 6.93. The number of hydrogen-bond donors (Lipinski definition) is 0. The first-order chi connectivity index (χ1) is 14.4.